The highest BCUT2D eigenvalue weighted by Gasteiger charge is 2.37. The Morgan fingerprint density at radius 1 is 0.912 bits per heavy atom. The van der Waals surface area contributed by atoms with Crippen LogP contribution in [0.25, 0.3) is 11.1 Å². The van der Waals surface area contributed by atoms with Crippen molar-refractivity contribution in [2.45, 2.75) is 70.0 Å². The van der Waals surface area contributed by atoms with Gasteiger partial charge in [-0.05, 0) is 41.7 Å². The lowest BCUT2D eigenvalue weighted by atomic mass is 9.82. The first-order valence-electron chi connectivity index (χ1n) is 18.1. The molecule has 0 spiro atoms. The molecule has 9 N–H and O–H groups in total. The van der Waals surface area contributed by atoms with E-state index in [0.717, 1.165) is 23.8 Å². The summed E-state index contributed by atoms with van der Waals surface area (Å²) in [6, 6.07) is 11.1. The van der Waals surface area contributed by atoms with Gasteiger partial charge in [0.2, 0.25) is 17.7 Å². The van der Waals surface area contributed by atoms with Gasteiger partial charge in [-0.2, -0.15) is 0 Å². The molecule has 1 aromatic heterocycles. The molecule has 0 radical (unpaired) electrons. The third-order valence-electron chi connectivity index (χ3n) is 8.91. The van der Waals surface area contributed by atoms with Crippen molar-refractivity contribution in [3.63, 3.8) is 0 Å². The SMILES string of the molecule is CC(C)(C)[C@H](c1cc(-c2cc(F)ccc2F)cn1Cc1ccccc1)N(CC[C@H](N)C(=O)CCNC(=O)CNC(=O)CC(SC[C@H](N)C(=O)O)C(=O)O)C(=O)CO. The molecule has 2 aromatic carbocycles. The molecule has 18 heteroatoms. The van der Waals surface area contributed by atoms with Crippen LogP contribution in [0.15, 0.2) is 60.8 Å². The number of carbonyl (C=O) groups excluding carboxylic acids is 4. The van der Waals surface area contributed by atoms with Crippen LogP contribution in [0.1, 0.15) is 57.3 Å². The number of benzene rings is 2. The smallest absolute Gasteiger partial charge is 0.321 e. The summed E-state index contributed by atoms with van der Waals surface area (Å²) in [5.41, 5.74) is 12.8. The van der Waals surface area contributed by atoms with E-state index in [1.54, 1.807) is 12.3 Å². The molecular weight excluding hydrogens is 767 g/mol. The van der Waals surface area contributed by atoms with E-state index >= 15 is 4.39 Å². The van der Waals surface area contributed by atoms with Gasteiger partial charge >= 0.3 is 11.9 Å². The summed E-state index contributed by atoms with van der Waals surface area (Å²) in [4.78, 5) is 74.8. The fraction of sp³-hybridized carbons (Fsp3) is 0.436. The van der Waals surface area contributed by atoms with E-state index in [0.29, 0.717) is 29.6 Å². The molecule has 0 saturated carbocycles. The molecule has 4 atom stereocenters. The van der Waals surface area contributed by atoms with E-state index < -0.39 is 95.4 Å². The summed E-state index contributed by atoms with van der Waals surface area (Å²) in [7, 11) is 0. The van der Waals surface area contributed by atoms with E-state index in [2.05, 4.69) is 10.6 Å². The summed E-state index contributed by atoms with van der Waals surface area (Å²) < 4.78 is 31.2. The van der Waals surface area contributed by atoms with Crippen molar-refractivity contribution >= 4 is 47.2 Å². The van der Waals surface area contributed by atoms with Gasteiger partial charge in [-0.1, -0.05) is 51.1 Å². The van der Waals surface area contributed by atoms with Gasteiger partial charge in [-0.3, -0.25) is 28.8 Å². The van der Waals surface area contributed by atoms with Gasteiger partial charge in [-0.25, -0.2) is 8.78 Å². The van der Waals surface area contributed by atoms with E-state index in [1.807, 2.05) is 55.7 Å². The number of aliphatic carboxylic acids is 2. The van der Waals surface area contributed by atoms with Gasteiger partial charge in [0.15, 0.2) is 5.78 Å². The number of carboxylic acid groups (broad SMARTS) is 2. The van der Waals surface area contributed by atoms with Crippen LogP contribution in [0.4, 0.5) is 8.78 Å². The number of nitrogens with zero attached hydrogens (tertiary/aromatic N) is 2. The van der Waals surface area contributed by atoms with Gasteiger partial charge in [0.1, 0.15) is 29.5 Å². The van der Waals surface area contributed by atoms with Crippen molar-refractivity contribution < 1.29 is 52.9 Å². The Balaban J connectivity index is 1.68. The molecule has 0 aliphatic heterocycles. The Morgan fingerprint density at radius 3 is 2.21 bits per heavy atom. The van der Waals surface area contributed by atoms with Crippen molar-refractivity contribution in [3.8, 4) is 11.1 Å². The number of carboxylic acids is 2. The molecule has 3 aromatic rings. The average Bonchev–Trinajstić information content (AvgIpc) is 3.55. The van der Waals surface area contributed by atoms with Crippen LogP contribution in [-0.4, -0.2) is 110 Å². The lowest BCUT2D eigenvalue weighted by Gasteiger charge is -2.41. The highest BCUT2D eigenvalue weighted by molar-refractivity contribution is 8.00. The number of nitrogens with one attached hydrogen (secondary N) is 2. The molecule has 0 aliphatic rings. The molecule has 0 saturated heterocycles. The molecule has 0 bridgehead atoms. The second-order valence-corrected chi connectivity index (χ2v) is 15.7. The molecular formula is C39H50F2N6O9S. The molecule has 0 aliphatic carbocycles. The van der Waals surface area contributed by atoms with Crippen molar-refractivity contribution in [2.75, 3.05) is 32.0 Å². The van der Waals surface area contributed by atoms with Gasteiger partial charge in [0.05, 0.1) is 18.6 Å². The van der Waals surface area contributed by atoms with E-state index in [-0.39, 0.29) is 37.2 Å². The van der Waals surface area contributed by atoms with Crippen molar-refractivity contribution in [1.29, 1.82) is 0 Å². The summed E-state index contributed by atoms with van der Waals surface area (Å²) in [5.74, 6) is -6.71. The highest BCUT2D eigenvalue weighted by Crippen LogP contribution is 2.41. The minimum atomic E-state index is -1.35. The zero-order valence-corrected chi connectivity index (χ0v) is 32.8. The Kier molecular flexibility index (Phi) is 17.3. The summed E-state index contributed by atoms with van der Waals surface area (Å²) >= 11 is 0.685. The van der Waals surface area contributed by atoms with E-state index in [4.69, 9.17) is 16.6 Å². The third-order valence-corrected chi connectivity index (χ3v) is 10.2. The number of Topliss-reactive ketones (excluding diaryl/α,β-unsaturated/α-hetero) is 1. The van der Waals surface area contributed by atoms with Gasteiger partial charge in [0, 0.05) is 61.2 Å². The number of rotatable bonds is 22. The predicted molar refractivity (Wildman–Crippen MR) is 209 cm³/mol. The number of aliphatic hydroxyl groups excluding tert-OH is 1. The summed E-state index contributed by atoms with van der Waals surface area (Å²) in [5, 5.41) is 31.7. The van der Waals surface area contributed by atoms with Gasteiger partial charge in [0.25, 0.3) is 0 Å². The standard InChI is InChI=1S/C39H50F2N6O9S/c1-39(2,3)36(30-15-24(26-16-25(40)9-10-27(26)41)20-46(30)19-23-7-5-4-6-8-23)47(35(52)21-48)14-12-28(42)31(49)11-13-44-34(51)18-45-33(50)17-32(38(55)56)57-22-29(43)37(53)54/h4-10,15-16,20,28-29,32,36,48H,11-14,17-19,21-22,42-43H2,1-3H3,(H,44,51)(H,45,50)(H,53,54)(H,55,56)/t28-,29-,32?,36-/m0/s1. The number of amides is 3. The monoisotopic (exact) mass is 816 g/mol. The number of hydrogen-bond acceptors (Lipinski definition) is 10. The lowest BCUT2D eigenvalue weighted by Crippen LogP contribution is -2.46. The van der Waals surface area contributed by atoms with Crippen molar-refractivity contribution in [2.24, 2.45) is 16.9 Å². The van der Waals surface area contributed by atoms with E-state index in [1.165, 1.54) is 4.90 Å². The second kappa shape index (κ2) is 21.4. The number of aliphatic hydroxyl groups is 1. The Morgan fingerprint density at radius 2 is 1.60 bits per heavy atom. The molecule has 3 rings (SSSR count). The van der Waals surface area contributed by atoms with Crippen LogP contribution in [0.3, 0.4) is 0 Å². The zero-order chi connectivity index (χ0) is 42.4. The molecule has 3 amide bonds. The molecule has 15 nitrogen and oxygen atoms in total. The fourth-order valence-corrected chi connectivity index (χ4v) is 7.03. The maximum Gasteiger partial charge on any atom is 0.321 e. The molecule has 0 fully saturated rings. The maximum absolute atomic E-state index is 15.0. The number of aromatic nitrogens is 1. The molecule has 1 unspecified atom stereocenters. The first-order valence-corrected chi connectivity index (χ1v) is 19.1. The number of hydrogen-bond donors (Lipinski definition) is 7. The summed E-state index contributed by atoms with van der Waals surface area (Å²) in [6.07, 6.45) is 0.931. The minimum Gasteiger partial charge on any atom is -0.480 e. The topological polar surface area (TPSA) is 247 Å². The Bertz CT molecular complexity index is 1890. The van der Waals surface area contributed by atoms with Crippen LogP contribution in [0.5, 0.6) is 0 Å². The Hall–Kier alpha value is -5.17. The molecule has 57 heavy (non-hydrogen) atoms. The van der Waals surface area contributed by atoms with Crippen molar-refractivity contribution in [1.82, 2.24) is 20.1 Å². The van der Waals surface area contributed by atoms with Crippen molar-refractivity contribution in [3.05, 3.63) is 83.7 Å². The number of nitrogens with two attached hydrogens (primary N) is 2. The van der Waals surface area contributed by atoms with Crippen LogP contribution in [-0.2, 0) is 35.3 Å². The van der Waals surface area contributed by atoms with Crippen LogP contribution >= 0.6 is 11.8 Å². The van der Waals surface area contributed by atoms with Gasteiger partial charge < -0.3 is 46.9 Å². The van der Waals surface area contributed by atoms with E-state index in [9.17, 15) is 43.4 Å². The highest BCUT2D eigenvalue weighted by atomic mass is 32.2. The van der Waals surface area contributed by atoms with Crippen LogP contribution < -0.4 is 22.1 Å². The quantitative estimate of drug-likeness (QED) is 0.0772. The first kappa shape index (κ1) is 46.2. The second-order valence-electron chi connectivity index (χ2n) is 14.5. The maximum atomic E-state index is 15.0. The van der Waals surface area contributed by atoms with Crippen LogP contribution in [0.2, 0.25) is 0 Å². The summed E-state index contributed by atoms with van der Waals surface area (Å²) in [6.45, 7) is 4.40. The number of carbonyl (C=O) groups is 6. The molecule has 310 valence electrons. The largest absolute Gasteiger partial charge is 0.480 e. The number of halogens is 2. The fourth-order valence-electron chi connectivity index (χ4n) is 6.04. The predicted octanol–water partition coefficient (Wildman–Crippen LogP) is 2.29. The number of ketones is 1. The molecule has 1 heterocycles. The lowest BCUT2D eigenvalue weighted by molar-refractivity contribution is -0.140. The third kappa shape index (κ3) is 14.1. The average molecular weight is 817 g/mol. The zero-order valence-electron chi connectivity index (χ0n) is 32.0. The van der Waals surface area contributed by atoms with Gasteiger partial charge in [-0.15, -0.1) is 11.8 Å². The van der Waals surface area contributed by atoms with Crippen LogP contribution in [0, 0.1) is 17.0 Å². The Labute approximate surface area is 333 Å². The normalized spacial score (nSPS) is 13.5. The first-order chi connectivity index (χ1) is 26.8. The number of thioether (sulfide) groups is 1. The minimum absolute atomic E-state index is 0.0218.